The van der Waals surface area contributed by atoms with E-state index in [9.17, 15) is 13.2 Å². The number of halogens is 1. The van der Waals surface area contributed by atoms with E-state index >= 15 is 0 Å². The van der Waals surface area contributed by atoms with Crippen molar-refractivity contribution in [3.63, 3.8) is 0 Å². The fourth-order valence-corrected chi connectivity index (χ4v) is 4.35. The van der Waals surface area contributed by atoms with Gasteiger partial charge in [-0.1, -0.05) is 41.9 Å². The van der Waals surface area contributed by atoms with Crippen LogP contribution in [0.3, 0.4) is 0 Å². The molecule has 0 saturated carbocycles. The normalized spacial score (nSPS) is 11.9. The lowest BCUT2D eigenvalue weighted by Crippen LogP contribution is -2.33. The van der Waals surface area contributed by atoms with Gasteiger partial charge in [0.25, 0.3) is 5.91 Å². The largest absolute Gasteiger partial charge is 0.322 e. The van der Waals surface area contributed by atoms with Crippen molar-refractivity contribution in [3.8, 4) is 0 Å². The second kappa shape index (κ2) is 7.91. The Morgan fingerprint density at radius 2 is 1.68 bits per heavy atom. The van der Waals surface area contributed by atoms with Gasteiger partial charge in [-0.25, -0.2) is 8.42 Å². The number of sulfonamides is 1. The minimum atomic E-state index is -3.72. The van der Waals surface area contributed by atoms with Gasteiger partial charge in [0, 0.05) is 18.8 Å². The Labute approximate surface area is 170 Å². The molecule has 0 saturated heterocycles. The second-order valence-electron chi connectivity index (χ2n) is 6.77. The molecule has 0 aliphatic carbocycles. The van der Waals surface area contributed by atoms with Crippen LogP contribution in [0.1, 0.15) is 24.2 Å². The topological polar surface area (TPSA) is 66.5 Å². The molecule has 1 amide bonds. The maximum Gasteiger partial charge on any atom is 0.257 e. The number of nitrogens with zero attached hydrogens (tertiary/aromatic N) is 1. The number of benzene rings is 3. The zero-order valence-electron chi connectivity index (χ0n) is 15.8. The van der Waals surface area contributed by atoms with Crippen molar-refractivity contribution in [2.45, 2.75) is 24.8 Å². The molecule has 0 unspecified atom stereocenters. The van der Waals surface area contributed by atoms with E-state index in [0.717, 1.165) is 10.8 Å². The highest BCUT2D eigenvalue weighted by molar-refractivity contribution is 7.89. The van der Waals surface area contributed by atoms with E-state index in [1.54, 1.807) is 19.9 Å². The number of carbonyl (C=O) groups is 1. The fourth-order valence-electron chi connectivity index (χ4n) is 2.75. The first-order valence-electron chi connectivity index (χ1n) is 8.78. The first-order chi connectivity index (χ1) is 13.2. The van der Waals surface area contributed by atoms with Crippen molar-refractivity contribution in [1.29, 1.82) is 0 Å². The average molecular weight is 417 g/mol. The highest BCUT2D eigenvalue weighted by atomic mass is 35.5. The van der Waals surface area contributed by atoms with E-state index in [0.29, 0.717) is 5.69 Å². The van der Waals surface area contributed by atoms with Crippen LogP contribution < -0.4 is 5.32 Å². The Hall–Kier alpha value is -2.41. The van der Waals surface area contributed by atoms with Crippen LogP contribution in [0.5, 0.6) is 0 Å². The number of fused-ring (bicyclic) bond motifs is 1. The van der Waals surface area contributed by atoms with Crippen molar-refractivity contribution in [2.24, 2.45) is 0 Å². The molecule has 0 aromatic heterocycles. The summed E-state index contributed by atoms with van der Waals surface area (Å²) < 4.78 is 26.7. The monoisotopic (exact) mass is 416 g/mol. The molecule has 0 spiro atoms. The molecular weight excluding hydrogens is 396 g/mol. The molecule has 0 radical (unpaired) electrons. The lowest BCUT2D eigenvalue weighted by molar-refractivity contribution is 0.102. The quantitative estimate of drug-likeness (QED) is 0.651. The molecule has 7 heteroatoms. The number of amides is 1. The predicted molar refractivity (Wildman–Crippen MR) is 113 cm³/mol. The molecule has 0 fully saturated rings. The first-order valence-corrected chi connectivity index (χ1v) is 10.6. The van der Waals surface area contributed by atoms with Gasteiger partial charge in [-0.15, -0.1) is 0 Å². The number of hydrogen-bond acceptors (Lipinski definition) is 3. The summed E-state index contributed by atoms with van der Waals surface area (Å²) in [4.78, 5) is 12.8. The summed E-state index contributed by atoms with van der Waals surface area (Å²) in [6.07, 6.45) is 0. The number of carbonyl (C=O) groups excluding carboxylic acids is 1. The molecule has 0 aliphatic rings. The smallest absolute Gasteiger partial charge is 0.257 e. The van der Waals surface area contributed by atoms with Crippen LogP contribution in [0.25, 0.3) is 10.8 Å². The van der Waals surface area contributed by atoms with E-state index in [4.69, 9.17) is 11.6 Å². The van der Waals surface area contributed by atoms with Crippen molar-refractivity contribution < 1.29 is 13.2 Å². The van der Waals surface area contributed by atoms with Gasteiger partial charge in [0.15, 0.2) is 0 Å². The van der Waals surface area contributed by atoms with Gasteiger partial charge in [0.1, 0.15) is 0 Å². The minimum absolute atomic E-state index is 0.0248. The standard InChI is InChI=1S/C21H21ClN2O3S/c1-14(2)24(3)28(26,27)18-10-11-20(22)19(13-18)21(25)23-17-9-8-15-6-4-5-7-16(15)12-17/h4-14H,1-3H3,(H,23,25). The van der Waals surface area contributed by atoms with Crippen molar-refractivity contribution in [2.75, 3.05) is 12.4 Å². The van der Waals surface area contributed by atoms with Crippen LogP contribution in [-0.4, -0.2) is 31.7 Å². The van der Waals surface area contributed by atoms with Crippen LogP contribution >= 0.6 is 11.6 Å². The van der Waals surface area contributed by atoms with Gasteiger partial charge in [-0.2, -0.15) is 4.31 Å². The lowest BCUT2D eigenvalue weighted by atomic mass is 10.1. The minimum Gasteiger partial charge on any atom is -0.322 e. The van der Waals surface area contributed by atoms with Gasteiger partial charge >= 0.3 is 0 Å². The van der Waals surface area contributed by atoms with Gasteiger partial charge in [0.2, 0.25) is 10.0 Å². The average Bonchev–Trinajstić information content (AvgIpc) is 2.67. The highest BCUT2D eigenvalue weighted by Crippen LogP contribution is 2.25. The predicted octanol–water partition coefficient (Wildman–Crippen LogP) is 4.77. The van der Waals surface area contributed by atoms with E-state index in [1.807, 2.05) is 36.4 Å². The van der Waals surface area contributed by atoms with Crippen molar-refractivity contribution >= 4 is 44.0 Å². The van der Waals surface area contributed by atoms with Crippen LogP contribution in [-0.2, 0) is 10.0 Å². The Kier molecular flexibility index (Phi) is 5.74. The molecule has 1 N–H and O–H groups in total. The third-order valence-electron chi connectivity index (χ3n) is 4.59. The van der Waals surface area contributed by atoms with Crippen molar-refractivity contribution in [3.05, 3.63) is 71.2 Å². The molecule has 28 heavy (non-hydrogen) atoms. The van der Waals surface area contributed by atoms with E-state index in [1.165, 1.54) is 29.6 Å². The maximum absolute atomic E-state index is 12.7. The summed E-state index contributed by atoms with van der Waals surface area (Å²) in [7, 11) is -2.21. The summed E-state index contributed by atoms with van der Waals surface area (Å²) in [6, 6.07) is 17.3. The van der Waals surface area contributed by atoms with Gasteiger partial charge in [-0.05, 0) is 55.0 Å². The first kappa shape index (κ1) is 20.3. The Balaban J connectivity index is 1.93. The molecule has 146 valence electrons. The Morgan fingerprint density at radius 1 is 1.00 bits per heavy atom. The maximum atomic E-state index is 12.7. The summed E-state index contributed by atoms with van der Waals surface area (Å²) >= 11 is 6.18. The zero-order valence-corrected chi connectivity index (χ0v) is 17.4. The van der Waals surface area contributed by atoms with Crippen LogP contribution in [0.2, 0.25) is 5.02 Å². The summed E-state index contributed by atoms with van der Waals surface area (Å²) in [6.45, 7) is 3.56. The van der Waals surface area contributed by atoms with Gasteiger partial charge in [0.05, 0.1) is 15.5 Å². The molecule has 3 aromatic carbocycles. The van der Waals surface area contributed by atoms with E-state index < -0.39 is 15.9 Å². The van der Waals surface area contributed by atoms with Crippen LogP contribution in [0, 0.1) is 0 Å². The molecule has 3 rings (SSSR count). The lowest BCUT2D eigenvalue weighted by Gasteiger charge is -2.21. The van der Waals surface area contributed by atoms with Gasteiger partial charge in [-0.3, -0.25) is 4.79 Å². The molecule has 0 bridgehead atoms. The Morgan fingerprint density at radius 3 is 2.36 bits per heavy atom. The molecule has 0 heterocycles. The molecule has 3 aromatic rings. The molecule has 0 aliphatic heterocycles. The SMILES string of the molecule is CC(C)N(C)S(=O)(=O)c1ccc(Cl)c(C(=O)Nc2ccc3ccccc3c2)c1. The molecule has 5 nitrogen and oxygen atoms in total. The van der Waals surface area contributed by atoms with Gasteiger partial charge < -0.3 is 5.32 Å². The van der Waals surface area contributed by atoms with E-state index in [2.05, 4.69) is 5.32 Å². The van der Waals surface area contributed by atoms with E-state index in [-0.39, 0.29) is 21.5 Å². The number of anilines is 1. The summed E-state index contributed by atoms with van der Waals surface area (Å²) in [5.74, 6) is -0.468. The van der Waals surface area contributed by atoms with Crippen LogP contribution in [0.4, 0.5) is 5.69 Å². The summed E-state index contributed by atoms with van der Waals surface area (Å²) in [5, 5.41) is 5.02. The fraction of sp³-hybridized carbons (Fsp3) is 0.190. The molecular formula is C21H21ClN2O3S. The number of hydrogen-bond donors (Lipinski definition) is 1. The molecule has 0 atom stereocenters. The third kappa shape index (κ3) is 4.04. The zero-order chi connectivity index (χ0) is 20.5. The van der Waals surface area contributed by atoms with Crippen molar-refractivity contribution in [1.82, 2.24) is 4.31 Å². The second-order valence-corrected chi connectivity index (χ2v) is 9.18. The van der Waals surface area contributed by atoms with Crippen LogP contribution in [0.15, 0.2) is 65.6 Å². The Bertz CT molecular complexity index is 1140. The summed E-state index contributed by atoms with van der Waals surface area (Å²) in [5.41, 5.74) is 0.709. The third-order valence-corrected chi connectivity index (χ3v) is 6.95. The number of rotatable bonds is 5. The number of nitrogens with one attached hydrogen (secondary N) is 1. The highest BCUT2D eigenvalue weighted by Gasteiger charge is 2.25.